The lowest BCUT2D eigenvalue weighted by Crippen LogP contribution is -1.96. The van der Waals surface area contributed by atoms with Gasteiger partial charge in [0.05, 0.1) is 0 Å². The van der Waals surface area contributed by atoms with Gasteiger partial charge >= 0.3 is 0 Å². The maximum Gasteiger partial charge on any atom is -0.000137 e. The highest BCUT2D eigenvalue weighted by Crippen LogP contribution is 2.62. The fourth-order valence-corrected chi connectivity index (χ4v) is 9.72. The van der Waals surface area contributed by atoms with Gasteiger partial charge in [-0.1, -0.05) is 176 Å². The highest BCUT2D eigenvalue weighted by Gasteiger charge is 2.40. The molecule has 0 aromatic heterocycles. The Bertz CT molecular complexity index is 3360. The van der Waals surface area contributed by atoms with Crippen molar-refractivity contribution in [1.29, 1.82) is 0 Å². The first-order chi connectivity index (χ1) is 27.8. The molecule has 0 bridgehead atoms. The van der Waals surface area contributed by atoms with Crippen LogP contribution in [-0.4, -0.2) is 0 Å². The lowest BCUT2D eigenvalue weighted by molar-refractivity contribution is 1.55. The maximum absolute atomic E-state index is 2.50. The van der Waals surface area contributed by atoms with E-state index in [2.05, 4.69) is 206 Å². The van der Waals surface area contributed by atoms with Gasteiger partial charge in [-0.3, -0.25) is 0 Å². The van der Waals surface area contributed by atoms with Crippen molar-refractivity contribution < 1.29 is 0 Å². The molecule has 0 saturated heterocycles. The zero-order valence-corrected chi connectivity index (χ0v) is 30.6. The minimum absolute atomic E-state index is 1.23. The zero-order valence-electron chi connectivity index (χ0n) is 30.6. The van der Waals surface area contributed by atoms with Crippen molar-refractivity contribution in [2.75, 3.05) is 0 Å². The molecule has 0 saturated carbocycles. The van der Waals surface area contributed by atoms with Crippen molar-refractivity contribution in [1.82, 2.24) is 0 Å². The highest BCUT2D eigenvalue weighted by atomic mass is 14.4. The summed E-state index contributed by atoms with van der Waals surface area (Å²) in [7, 11) is 0. The van der Waals surface area contributed by atoms with Gasteiger partial charge in [-0.05, 0) is 151 Å². The Morgan fingerprint density at radius 1 is 0.179 bits per heavy atom. The first-order valence-corrected chi connectivity index (χ1v) is 19.5. The molecule has 0 nitrogen and oxygen atoms in total. The van der Waals surface area contributed by atoms with Crippen LogP contribution in [0.4, 0.5) is 0 Å². The quantitative estimate of drug-likeness (QED) is 0.126. The van der Waals surface area contributed by atoms with Crippen LogP contribution in [0.15, 0.2) is 212 Å². The van der Waals surface area contributed by atoms with E-state index in [1.807, 2.05) is 0 Å². The van der Waals surface area contributed by atoms with Gasteiger partial charge in [0.2, 0.25) is 0 Å². The van der Waals surface area contributed by atoms with Crippen LogP contribution in [0.1, 0.15) is 33.4 Å². The lowest BCUT2D eigenvalue weighted by atomic mass is 9.85. The molecule has 2 aliphatic rings. The third kappa shape index (κ3) is 4.54. The van der Waals surface area contributed by atoms with Crippen molar-refractivity contribution >= 4 is 81.7 Å². The summed E-state index contributed by atoms with van der Waals surface area (Å²) in [6, 6.07) is 76.6. The number of allylic oxidation sites excluding steroid dienone is 5. The summed E-state index contributed by atoms with van der Waals surface area (Å²) >= 11 is 0. The van der Waals surface area contributed by atoms with Gasteiger partial charge in [0.25, 0.3) is 0 Å². The fraction of sp³-hybridized carbons (Fsp3) is 0. The number of benzene rings is 10. The first-order valence-electron chi connectivity index (χ1n) is 19.5. The average Bonchev–Trinajstić information content (AvgIpc) is 3.78. The van der Waals surface area contributed by atoms with Crippen LogP contribution in [0.5, 0.6) is 0 Å². The Kier molecular flexibility index (Phi) is 6.73. The maximum atomic E-state index is 2.50. The van der Waals surface area contributed by atoms with Gasteiger partial charge < -0.3 is 0 Å². The summed E-state index contributed by atoms with van der Waals surface area (Å²) in [4.78, 5) is 0. The number of rotatable bonds is 4. The van der Waals surface area contributed by atoms with E-state index in [1.54, 1.807) is 0 Å². The smallest absolute Gasteiger partial charge is 0.000137 e. The van der Waals surface area contributed by atoms with Crippen molar-refractivity contribution in [2.24, 2.45) is 0 Å². The molecule has 0 amide bonds. The molecule has 258 valence electrons. The van der Waals surface area contributed by atoms with E-state index in [4.69, 9.17) is 0 Å². The molecular weight excluding hydrogens is 673 g/mol. The molecule has 12 rings (SSSR count). The molecule has 0 unspecified atom stereocenters. The minimum Gasteiger partial charge on any atom is -0.0622 e. The standard InChI is InChI=1S/C56H34/c1-4-17-36(18-5-1)51-49-33-41-31-47-45-26-14-12-24-43(45)44-25-13-15-27-46(44)48(47)32-42(41)34-50(49)55-54(40-29-28-35-16-10-11-23-39(35)30-40)52(37-19-6-2-7-20-37)53(56(51)55)38-21-8-3-9-22-38/h1-34H. The van der Waals surface area contributed by atoms with Crippen molar-refractivity contribution in [3.05, 3.63) is 245 Å². The largest absolute Gasteiger partial charge is 0.0622 e. The Morgan fingerprint density at radius 3 is 1.11 bits per heavy atom. The van der Waals surface area contributed by atoms with Crippen LogP contribution in [0.3, 0.4) is 0 Å². The Labute approximate surface area is 325 Å². The molecular formula is C56H34. The molecule has 10 aromatic carbocycles. The van der Waals surface area contributed by atoms with E-state index in [0.717, 1.165) is 0 Å². The fourth-order valence-electron chi connectivity index (χ4n) is 9.72. The van der Waals surface area contributed by atoms with Crippen molar-refractivity contribution in [2.45, 2.75) is 0 Å². The second-order valence-electron chi connectivity index (χ2n) is 15.1. The molecule has 0 aliphatic heterocycles. The topological polar surface area (TPSA) is 0 Å². The van der Waals surface area contributed by atoms with E-state index in [1.165, 1.54) is 121 Å². The number of hydrogen-bond donors (Lipinski definition) is 0. The Morgan fingerprint density at radius 2 is 0.571 bits per heavy atom. The third-order valence-corrected chi connectivity index (χ3v) is 12.1. The molecule has 0 atom stereocenters. The predicted octanol–water partition coefficient (Wildman–Crippen LogP) is 14.8. The second kappa shape index (κ2) is 12.1. The lowest BCUT2D eigenvalue weighted by Gasteiger charge is -2.18. The third-order valence-electron chi connectivity index (χ3n) is 12.1. The zero-order chi connectivity index (χ0) is 36.7. The molecule has 10 aromatic rings. The molecule has 0 spiro atoms. The normalized spacial score (nSPS) is 13.9. The van der Waals surface area contributed by atoms with Crippen LogP contribution >= 0.6 is 0 Å². The van der Waals surface area contributed by atoms with Crippen LogP contribution < -0.4 is 0 Å². The van der Waals surface area contributed by atoms with Crippen molar-refractivity contribution in [3.63, 3.8) is 0 Å². The van der Waals surface area contributed by atoms with E-state index in [9.17, 15) is 0 Å². The van der Waals surface area contributed by atoms with E-state index in [-0.39, 0.29) is 0 Å². The van der Waals surface area contributed by atoms with E-state index >= 15 is 0 Å². The molecule has 0 heteroatoms. The summed E-state index contributed by atoms with van der Waals surface area (Å²) in [6.07, 6.45) is 0. The molecule has 2 aliphatic carbocycles. The van der Waals surface area contributed by atoms with Gasteiger partial charge in [-0.15, -0.1) is 0 Å². The van der Waals surface area contributed by atoms with E-state index in [0.29, 0.717) is 0 Å². The van der Waals surface area contributed by atoms with Crippen LogP contribution in [0.25, 0.3) is 81.7 Å². The molecule has 0 fully saturated rings. The Hall–Kier alpha value is -7.28. The van der Waals surface area contributed by atoms with Crippen LogP contribution in [0.2, 0.25) is 0 Å². The van der Waals surface area contributed by atoms with Gasteiger partial charge in [0.1, 0.15) is 0 Å². The molecule has 0 heterocycles. The summed E-state index contributed by atoms with van der Waals surface area (Å²) in [5, 5.41) is 12.8. The monoisotopic (exact) mass is 706 g/mol. The molecule has 0 radical (unpaired) electrons. The summed E-state index contributed by atoms with van der Waals surface area (Å²) in [5.74, 6) is 0. The van der Waals surface area contributed by atoms with Gasteiger partial charge in [0, 0.05) is 0 Å². The summed E-state index contributed by atoms with van der Waals surface area (Å²) < 4.78 is 0. The Balaban J connectivity index is 1.26. The van der Waals surface area contributed by atoms with Crippen LogP contribution in [-0.2, 0) is 0 Å². The predicted molar refractivity (Wildman–Crippen MR) is 239 cm³/mol. The molecule has 56 heavy (non-hydrogen) atoms. The SMILES string of the molecule is c1ccc(C2=C(c3ccccc3)C(c3ccc4ccccc4c3)=C3C2=C(c2ccccc2)c2cc4cc5c6ccccc6c6ccccc6c5cc4cc23)cc1. The van der Waals surface area contributed by atoms with Crippen molar-refractivity contribution in [3.8, 4) is 0 Å². The number of hydrogen-bond acceptors (Lipinski definition) is 0. The average molecular weight is 707 g/mol. The summed E-state index contributed by atoms with van der Waals surface area (Å²) in [5.41, 5.74) is 15.3. The van der Waals surface area contributed by atoms with E-state index < -0.39 is 0 Å². The van der Waals surface area contributed by atoms with Gasteiger partial charge in [-0.25, -0.2) is 0 Å². The summed E-state index contributed by atoms with van der Waals surface area (Å²) in [6.45, 7) is 0. The minimum atomic E-state index is 1.23. The highest BCUT2D eigenvalue weighted by molar-refractivity contribution is 6.40. The molecule has 0 N–H and O–H groups in total. The van der Waals surface area contributed by atoms with Gasteiger partial charge in [0.15, 0.2) is 0 Å². The van der Waals surface area contributed by atoms with Gasteiger partial charge in [-0.2, -0.15) is 0 Å². The first kappa shape index (κ1) is 31.1. The second-order valence-corrected chi connectivity index (χ2v) is 15.1. The van der Waals surface area contributed by atoms with Crippen LogP contribution in [0, 0.1) is 0 Å². The number of fused-ring (bicyclic) bond motifs is 11.